The summed E-state index contributed by atoms with van der Waals surface area (Å²) in [7, 11) is 1.86. The topological polar surface area (TPSA) is 38.0 Å². The molecule has 0 aromatic carbocycles. The zero-order valence-electron chi connectivity index (χ0n) is 8.07. The molecule has 1 aromatic heterocycles. The number of aromatic nitrogens is 2. The zero-order valence-corrected chi connectivity index (χ0v) is 8.07. The van der Waals surface area contributed by atoms with Gasteiger partial charge in [0, 0.05) is 7.05 Å². The highest BCUT2D eigenvalue weighted by atomic mass is 16.3. The highest BCUT2D eigenvalue weighted by Crippen LogP contribution is 2.23. The van der Waals surface area contributed by atoms with Crippen LogP contribution in [0.4, 0.5) is 0 Å². The standard InChI is InChI=1S/C9H16N2O/c1-6(2)9(12)8-7(3)5-10-11(8)4/h5-6,9,12H,1-4H3. The second kappa shape index (κ2) is 3.27. The van der Waals surface area contributed by atoms with Crippen LogP contribution in [0.3, 0.4) is 0 Å². The van der Waals surface area contributed by atoms with E-state index in [1.165, 1.54) is 0 Å². The van der Waals surface area contributed by atoms with Crippen LogP contribution >= 0.6 is 0 Å². The predicted octanol–water partition coefficient (Wildman–Crippen LogP) is 1.42. The fraction of sp³-hybridized carbons (Fsp3) is 0.667. The van der Waals surface area contributed by atoms with Crippen LogP contribution in [0.15, 0.2) is 6.20 Å². The van der Waals surface area contributed by atoms with Crippen LogP contribution in [0, 0.1) is 12.8 Å². The van der Waals surface area contributed by atoms with Crippen molar-refractivity contribution in [2.24, 2.45) is 13.0 Å². The molecule has 0 spiro atoms. The van der Waals surface area contributed by atoms with E-state index in [0.29, 0.717) is 0 Å². The fourth-order valence-electron chi connectivity index (χ4n) is 1.30. The molecule has 68 valence electrons. The molecule has 0 aliphatic heterocycles. The number of aliphatic hydroxyl groups is 1. The third-order valence-electron chi connectivity index (χ3n) is 2.09. The van der Waals surface area contributed by atoms with E-state index in [1.807, 2.05) is 27.8 Å². The van der Waals surface area contributed by atoms with E-state index in [0.717, 1.165) is 11.3 Å². The lowest BCUT2D eigenvalue weighted by atomic mass is 10.0. The maximum atomic E-state index is 9.79. The molecule has 1 atom stereocenters. The van der Waals surface area contributed by atoms with Gasteiger partial charge in [0.15, 0.2) is 0 Å². The number of aliphatic hydroxyl groups excluding tert-OH is 1. The molecule has 0 aliphatic rings. The molecule has 0 amide bonds. The molecule has 1 unspecified atom stereocenters. The van der Waals surface area contributed by atoms with Crippen molar-refractivity contribution >= 4 is 0 Å². The monoisotopic (exact) mass is 168 g/mol. The molecule has 0 saturated carbocycles. The molecule has 1 heterocycles. The summed E-state index contributed by atoms with van der Waals surface area (Å²) >= 11 is 0. The van der Waals surface area contributed by atoms with E-state index < -0.39 is 6.10 Å². The molecule has 3 nitrogen and oxygen atoms in total. The molecule has 1 N–H and O–H groups in total. The molecule has 0 radical (unpaired) electrons. The normalized spacial score (nSPS) is 13.8. The minimum Gasteiger partial charge on any atom is -0.387 e. The van der Waals surface area contributed by atoms with E-state index in [9.17, 15) is 5.11 Å². The Labute approximate surface area is 73.0 Å². The number of hydrogen-bond donors (Lipinski definition) is 1. The van der Waals surface area contributed by atoms with Crippen molar-refractivity contribution in [2.45, 2.75) is 26.9 Å². The van der Waals surface area contributed by atoms with Crippen LogP contribution < -0.4 is 0 Å². The number of hydrogen-bond acceptors (Lipinski definition) is 2. The van der Waals surface area contributed by atoms with Crippen LogP contribution in [0.25, 0.3) is 0 Å². The Morgan fingerprint density at radius 1 is 1.50 bits per heavy atom. The summed E-state index contributed by atoms with van der Waals surface area (Å²) in [6, 6.07) is 0. The van der Waals surface area contributed by atoms with Crippen molar-refractivity contribution < 1.29 is 5.11 Å². The Morgan fingerprint density at radius 3 is 2.42 bits per heavy atom. The molecule has 0 bridgehead atoms. The van der Waals surface area contributed by atoms with Gasteiger partial charge in [-0.2, -0.15) is 5.10 Å². The minimum absolute atomic E-state index is 0.235. The zero-order chi connectivity index (χ0) is 9.30. The molecule has 1 aromatic rings. The molecule has 1 rings (SSSR count). The summed E-state index contributed by atoms with van der Waals surface area (Å²) < 4.78 is 1.74. The van der Waals surface area contributed by atoms with Crippen LogP contribution in [-0.2, 0) is 7.05 Å². The van der Waals surface area contributed by atoms with Gasteiger partial charge in [-0.3, -0.25) is 4.68 Å². The minimum atomic E-state index is -0.405. The van der Waals surface area contributed by atoms with E-state index in [-0.39, 0.29) is 5.92 Å². The molecular weight excluding hydrogens is 152 g/mol. The van der Waals surface area contributed by atoms with Gasteiger partial charge in [0.2, 0.25) is 0 Å². The van der Waals surface area contributed by atoms with Crippen molar-refractivity contribution in [3.05, 3.63) is 17.5 Å². The van der Waals surface area contributed by atoms with Crippen molar-refractivity contribution in [1.82, 2.24) is 9.78 Å². The summed E-state index contributed by atoms with van der Waals surface area (Å²) in [5, 5.41) is 13.9. The highest BCUT2D eigenvalue weighted by molar-refractivity contribution is 5.18. The van der Waals surface area contributed by atoms with Crippen molar-refractivity contribution in [3.8, 4) is 0 Å². The SMILES string of the molecule is Cc1cnn(C)c1C(O)C(C)C. The Kier molecular flexibility index (Phi) is 2.52. The van der Waals surface area contributed by atoms with Gasteiger partial charge in [-0.05, 0) is 18.4 Å². The number of rotatable bonds is 2. The molecule has 0 fully saturated rings. The third-order valence-corrected chi connectivity index (χ3v) is 2.09. The summed E-state index contributed by atoms with van der Waals surface area (Å²) in [6.07, 6.45) is 1.37. The second-order valence-corrected chi connectivity index (χ2v) is 3.53. The smallest absolute Gasteiger partial charge is 0.0981 e. The van der Waals surface area contributed by atoms with Crippen molar-refractivity contribution in [1.29, 1.82) is 0 Å². The van der Waals surface area contributed by atoms with Gasteiger partial charge in [0.1, 0.15) is 0 Å². The predicted molar refractivity (Wildman–Crippen MR) is 47.7 cm³/mol. The number of nitrogens with zero attached hydrogens (tertiary/aromatic N) is 2. The average molecular weight is 168 g/mol. The Morgan fingerprint density at radius 2 is 2.08 bits per heavy atom. The van der Waals surface area contributed by atoms with Gasteiger partial charge in [0.25, 0.3) is 0 Å². The Bertz CT molecular complexity index is 246. The first kappa shape index (κ1) is 9.26. The van der Waals surface area contributed by atoms with E-state index in [4.69, 9.17) is 0 Å². The summed E-state index contributed by atoms with van der Waals surface area (Å²) in [6.45, 7) is 5.96. The Hall–Kier alpha value is -0.830. The van der Waals surface area contributed by atoms with Gasteiger partial charge >= 0.3 is 0 Å². The third kappa shape index (κ3) is 1.50. The second-order valence-electron chi connectivity index (χ2n) is 3.53. The van der Waals surface area contributed by atoms with E-state index in [1.54, 1.807) is 10.9 Å². The first-order valence-corrected chi connectivity index (χ1v) is 4.20. The van der Waals surface area contributed by atoms with Gasteiger partial charge < -0.3 is 5.11 Å². The van der Waals surface area contributed by atoms with Crippen LogP contribution in [-0.4, -0.2) is 14.9 Å². The fourth-order valence-corrected chi connectivity index (χ4v) is 1.30. The van der Waals surface area contributed by atoms with Gasteiger partial charge in [-0.1, -0.05) is 13.8 Å². The number of aryl methyl sites for hydroxylation is 2. The first-order valence-electron chi connectivity index (χ1n) is 4.20. The molecule has 3 heteroatoms. The maximum absolute atomic E-state index is 9.79. The highest BCUT2D eigenvalue weighted by Gasteiger charge is 2.17. The van der Waals surface area contributed by atoms with Crippen LogP contribution in [0.5, 0.6) is 0 Å². The molecule has 12 heavy (non-hydrogen) atoms. The van der Waals surface area contributed by atoms with E-state index >= 15 is 0 Å². The summed E-state index contributed by atoms with van der Waals surface area (Å²) in [5.74, 6) is 0.235. The lowest BCUT2D eigenvalue weighted by Gasteiger charge is -2.15. The van der Waals surface area contributed by atoms with Crippen molar-refractivity contribution in [2.75, 3.05) is 0 Å². The van der Waals surface area contributed by atoms with Crippen LogP contribution in [0.1, 0.15) is 31.2 Å². The quantitative estimate of drug-likeness (QED) is 0.725. The molecular formula is C9H16N2O. The Balaban J connectivity index is 3.00. The van der Waals surface area contributed by atoms with Gasteiger partial charge in [0.05, 0.1) is 18.0 Å². The largest absolute Gasteiger partial charge is 0.387 e. The molecule has 0 saturated heterocycles. The first-order chi connectivity index (χ1) is 5.54. The molecule has 0 aliphatic carbocycles. The van der Waals surface area contributed by atoms with E-state index in [2.05, 4.69) is 5.10 Å². The maximum Gasteiger partial charge on any atom is 0.0981 e. The van der Waals surface area contributed by atoms with Crippen molar-refractivity contribution in [3.63, 3.8) is 0 Å². The lowest BCUT2D eigenvalue weighted by molar-refractivity contribution is 0.117. The van der Waals surface area contributed by atoms with Gasteiger partial charge in [-0.15, -0.1) is 0 Å². The average Bonchev–Trinajstić information content (AvgIpc) is 2.30. The lowest BCUT2D eigenvalue weighted by Crippen LogP contribution is -2.11. The summed E-state index contributed by atoms with van der Waals surface area (Å²) in [5.41, 5.74) is 1.98. The van der Waals surface area contributed by atoms with Gasteiger partial charge in [-0.25, -0.2) is 0 Å². The summed E-state index contributed by atoms with van der Waals surface area (Å²) in [4.78, 5) is 0. The van der Waals surface area contributed by atoms with Crippen LogP contribution in [0.2, 0.25) is 0 Å².